The lowest BCUT2D eigenvalue weighted by atomic mass is 10.0. The first kappa shape index (κ1) is 25.0. The molecule has 0 radical (unpaired) electrons. The maximum atomic E-state index is 15.0. The van der Waals surface area contributed by atoms with E-state index in [1.807, 2.05) is 30.0 Å². The lowest BCUT2D eigenvalue weighted by Crippen LogP contribution is -2.40. The average Bonchev–Trinajstić information content (AvgIpc) is 3.55. The number of nitrogens with one attached hydrogen (secondary N) is 1. The van der Waals surface area contributed by atoms with Crippen LogP contribution in [0.3, 0.4) is 0 Å². The number of H-pyrrole nitrogens is 1. The molecule has 1 aliphatic rings. The molecule has 0 aliphatic carbocycles. The molecule has 11 heteroatoms. The smallest absolute Gasteiger partial charge is 0.154 e. The highest BCUT2D eigenvalue weighted by Gasteiger charge is 2.30. The van der Waals surface area contributed by atoms with Crippen LogP contribution in [-0.2, 0) is 4.79 Å². The molecule has 3 aromatic heterocycles. The zero-order valence-electron chi connectivity index (χ0n) is 21.3. The largest absolute Gasteiger partial charge is 0.456 e. The number of carbonyl (C=O) groups excluding carboxylic acids is 1. The van der Waals surface area contributed by atoms with E-state index in [-0.39, 0.29) is 12.3 Å². The van der Waals surface area contributed by atoms with E-state index in [1.165, 1.54) is 13.0 Å². The Morgan fingerprint density at radius 1 is 1.21 bits per heavy atom. The van der Waals surface area contributed by atoms with Crippen LogP contribution in [0.25, 0.3) is 33.3 Å². The molecular weight excluding hydrogens is 521 g/mol. The molecule has 5 aromatic rings. The van der Waals surface area contributed by atoms with Crippen LogP contribution in [-0.4, -0.2) is 59.7 Å². The zero-order valence-corrected chi connectivity index (χ0v) is 22.1. The number of ketones is 1. The summed E-state index contributed by atoms with van der Waals surface area (Å²) < 4.78 is 22.7. The van der Waals surface area contributed by atoms with Gasteiger partial charge in [0, 0.05) is 30.6 Å². The summed E-state index contributed by atoms with van der Waals surface area (Å²) >= 11 is 6.73. The fourth-order valence-electron chi connectivity index (χ4n) is 4.76. The Balaban J connectivity index is 1.23. The second-order valence-corrected chi connectivity index (χ2v) is 9.98. The van der Waals surface area contributed by atoms with Gasteiger partial charge in [-0.1, -0.05) is 11.6 Å². The van der Waals surface area contributed by atoms with Gasteiger partial charge in [-0.05, 0) is 50.6 Å². The highest BCUT2D eigenvalue weighted by Crippen LogP contribution is 2.36. The highest BCUT2D eigenvalue weighted by molar-refractivity contribution is 6.36. The number of hydrogen-bond acceptors (Lipinski definition) is 7. The molecule has 0 amide bonds. The Labute approximate surface area is 228 Å². The molecule has 6 rings (SSSR count). The number of hydrogen-bond donors (Lipinski definition) is 1. The third kappa shape index (κ3) is 5.07. The normalized spacial score (nSPS) is 17.9. The van der Waals surface area contributed by atoms with Crippen LogP contribution in [0.4, 0.5) is 4.39 Å². The molecule has 9 nitrogen and oxygen atoms in total. The number of fused-ring (bicyclic) bond motifs is 2. The number of ether oxygens (including phenoxy) is 1. The van der Waals surface area contributed by atoms with Crippen molar-refractivity contribution in [2.24, 2.45) is 0 Å². The first-order valence-corrected chi connectivity index (χ1v) is 12.9. The summed E-state index contributed by atoms with van der Waals surface area (Å²) in [4.78, 5) is 29.9. The molecule has 1 N–H and O–H groups in total. The van der Waals surface area contributed by atoms with E-state index < -0.39 is 12.2 Å². The van der Waals surface area contributed by atoms with Gasteiger partial charge in [0.15, 0.2) is 5.78 Å². The number of halogens is 2. The second kappa shape index (κ2) is 10.1. The predicted molar refractivity (Wildman–Crippen MR) is 147 cm³/mol. The topological polar surface area (TPSA) is 102 Å². The summed E-state index contributed by atoms with van der Waals surface area (Å²) in [5.74, 6) is 1.82. The molecule has 1 fully saturated rings. The van der Waals surface area contributed by atoms with Gasteiger partial charge >= 0.3 is 0 Å². The van der Waals surface area contributed by atoms with Crippen molar-refractivity contribution in [1.82, 2.24) is 34.6 Å². The van der Waals surface area contributed by atoms with E-state index >= 15 is 4.39 Å². The van der Waals surface area contributed by atoms with Crippen molar-refractivity contribution in [3.8, 4) is 22.8 Å². The zero-order chi connectivity index (χ0) is 27.1. The first-order chi connectivity index (χ1) is 18.8. The first-order valence-electron chi connectivity index (χ1n) is 12.5. The number of aryl methyl sites for hydroxylation is 1. The fourth-order valence-corrected chi connectivity index (χ4v) is 5.00. The third-order valence-corrected chi connectivity index (χ3v) is 7.08. The van der Waals surface area contributed by atoms with Gasteiger partial charge in [-0.2, -0.15) is 5.10 Å². The van der Waals surface area contributed by atoms with E-state index in [9.17, 15) is 4.79 Å². The van der Waals surface area contributed by atoms with Crippen LogP contribution >= 0.6 is 11.6 Å². The standard InChI is InChI=1S/C28H25ClFN7O2/c1-16(38)7-9-36-10-8-25(20(30)15-36)37-14-18(12-32-37)24-13-31-22-5-6-26(27(29)28(22)35-24)39-19-3-4-21-23(11-19)34-17(2)33-21/h3-7,9,11-14,20,25H,8,10,15H2,1-2H3,(H,33,34)/b9-7+/t20-,25-/m0/s1. The van der Waals surface area contributed by atoms with Gasteiger partial charge in [-0.25, -0.2) is 14.4 Å². The lowest BCUT2D eigenvalue weighted by Gasteiger charge is -2.34. The Hall–Kier alpha value is -4.31. The number of imidazole rings is 1. The van der Waals surface area contributed by atoms with Crippen LogP contribution < -0.4 is 4.74 Å². The van der Waals surface area contributed by atoms with Gasteiger partial charge in [0.1, 0.15) is 34.0 Å². The summed E-state index contributed by atoms with van der Waals surface area (Å²) in [6.45, 7) is 4.20. The average molecular weight is 546 g/mol. The molecule has 2 aromatic carbocycles. The number of benzene rings is 2. The molecule has 2 atom stereocenters. The summed E-state index contributed by atoms with van der Waals surface area (Å²) in [5, 5.41) is 4.76. The van der Waals surface area contributed by atoms with Crippen molar-refractivity contribution < 1.29 is 13.9 Å². The second-order valence-electron chi connectivity index (χ2n) is 9.61. The number of rotatable bonds is 6. The number of aromatic amines is 1. The van der Waals surface area contributed by atoms with Crippen LogP contribution in [0.5, 0.6) is 11.5 Å². The molecule has 0 saturated carbocycles. The highest BCUT2D eigenvalue weighted by atomic mass is 35.5. The molecule has 0 bridgehead atoms. The van der Waals surface area contributed by atoms with Crippen LogP contribution in [0.1, 0.15) is 25.2 Å². The maximum absolute atomic E-state index is 15.0. The number of piperidine rings is 1. The van der Waals surface area contributed by atoms with Crippen molar-refractivity contribution in [3.05, 3.63) is 72.0 Å². The van der Waals surface area contributed by atoms with Crippen molar-refractivity contribution >= 4 is 39.5 Å². The fraction of sp³-hybridized carbons (Fsp3) is 0.250. The number of aromatic nitrogens is 6. The van der Waals surface area contributed by atoms with Gasteiger partial charge < -0.3 is 14.6 Å². The van der Waals surface area contributed by atoms with E-state index in [2.05, 4.69) is 20.1 Å². The molecule has 198 valence electrons. The Morgan fingerprint density at radius 2 is 2.05 bits per heavy atom. The van der Waals surface area contributed by atoms with Gasteiger partial charge in [0.05, 0.1) is 47.2 Å². The molecule has 0 spiro atoms. The summed E-state index contributed by atoms with van der Waals surface area (Å²) in [5.41, 5.74) is 4.12. The van der Waals surface area contributed by atoms with Crippen molar-refractivity contribution in [2.45, 2.75) is 32.5 Å². The quantitative estimate of drug-likeness (QED) is 0.269. The maximum Gasteiger partial charge on any atom is 0.154 e. The SMILES string of the molecule is CC(=O)/C=C/N1CC[C@H](n2cc(-c3cnc4ccc(Oc5ccc6nc(C)[nH]c6c5)c(Cl)c4n3)cn2)[C@@H](F)C1. The predicted octanol–water partition coefficient (Wildman–Crippen LogP) is 5.81. The number of allylic oxidation sites excluding steroid dienone is 1. The van der Waals surface area contributed by atoms with E-state index in [0.29, 0.717) is 51.8 Å². The number of nitrogens with zero attached hydrogens (tertiary/aromatic N) is 6. The number of likely N-dealkylation sites (tertiary alicyclic amines) is 1. The van der Waals surface area contributed by atoms with Crippen molar-refractivity contribution in [1.29, 1.82) is 0 Å². The Kier molecular flexibility index (Phi) is 6.48. The van der Waals surface area contributed by atoms with Gasteiger partial charge in [0.25, 0.3) is 0 Å². The minimum atomic E-state index is -1.13. The summed E-state index contributed by atoms with van der Waals surface area (Å²) in [7, 11) is 0. The minimum Gasteiger partial charge on any atom is -0.456 e. The number of alkyl halides is 1. The minimum absolute atomic E-state index is 0.0646. The van der Waals surface area contributed by atoms with Gasteiger partial charge in [-0.15, -0.1) is 0 Å². The Bertz CT molecular complexity index is 1730. The summed E-state index contributed by atoms with van der Waals surface area (Å²) in [6, 6.07) is 8.74. The van der Waals surface area contributed by atoms with Crippen LogP contribution in [0.15, 0.2) is 61.2 Å². The molecule has 1 aliphatic heterocycles. The summed E-state index contributed by atoms with van der Waals surface area (Å²) in [6.07, 6.45) is 7.62. The molecule has 39 heavy (non-hydrogen) atoms. The Morgan fingerprint density at radius 3 is 2.87 bits per heavy atom. The van der Waals surface area contributed by atoms with Crippen molar-refractivity contribution in [2.75, 3.05) is 13.1 Å². The van der Waals surface area contributed by atoms with Gasteiger partial charge in [-0.3, -0.25) is 14.5 Å². The lowest BCUT2D eigenvalue weighted by molar-refractivity contribution is -0.112. The third-order valence-electron chi connectivity index (χ3n) is 6.71. The van der Waals surface area contributed by atoms with E-state index in [0.717, 1.165) is 16.9 Å². The molecular formula is C28H25ClFN7O2. The van der Waals surface area contributed by atoms with E-state index in [1.54, 1.807) is 41.6 Å². The molecule has 1 saturated heterocycles. The number of carbonyl (C=O) groups is 1. The van der Waals surface area contributed by atoms with Crippen LogP contribution in [0, 0.1) is 6.92 Å². The van der Waals surface area contributed by atoms with E-state index in [4.69, 9.17) is 21.3 Å². The monoisotopic (exact) mass is 545 g/mol. The molecule has 0 unspecified atom stereocenters. The van der Waals surface area contributed by atoms with Gasteiger partial charge in [0.2, 0.25) is 0 Å². The van der Waals surface area contributed by atoms with Crippen LogP contribution in [0.2, 0.25) is 5.02 Å². The molecule has 4 heterocycles. The van der Waals surface area contributed by atoms with Crippen molar-refractivity contribution in [3.63, 3.8) is 0 Å².